The zero-order chi connectivity index (χ0) is 19.5. The van der Waals surface area contributed by atoms with Gasteiger partial charge in [0.25, 0.3) is 5.91 Å². The monoisotopic (exact) mass is 394 g/mol. The van der Waals surface area contributed by atoms with Gasteiger partial charge in [0.1, 0.15) is 0 Å². The minimum Gasteiger partial charge on any atom is -0.455 e. The van der Waals surface area contributed by atoms with Crippen molar-refractivity contribution < 1.29 is 14.3 Å². The molecule has 1 aliphatic heterocycles. The first-order chi connectivity index (χ1) is 13.6. The number of fused-ring (bicyclic) bond motifs is 2. The molecule has 1 atom stereocenters. The van der Waals surface area contributed by atoms with E-state index in [4.69, 9.17) is 4.74 Å². The van der Waals surface area contributed by atoms with Gasteiger partial charge in [0, 0.05) is 33.8 Å². The summed E-state index contributed by atoms with van der Waals surface area (Å²) in [6, 6.07) is 15.7. The first-order valence-electron chi connectivity index (χ1n) is 9.38. The molecule has 0 spiro atoms. The molecule has 0 bridgehead atoms. The van der Waals surface area contributed by atoms with Crippen molar-refractivity contribution in [3.05, 3.63) is 60.3 Å². The minimum atomic E-state index is -0.399. The second-order valence-electron chi connectivity index (χ2n) is 6.93. The number of nitrogens with one attached hydrogen (secondary N) is 1. The number of ether oxygens (including phenoxy) is 1. The Morgan fingerprint density at radius 1 is 1.18 bits per heavy atom. The number of H-pyrrole nitrogens is 1. The van der Waals surface area contributed by atoms with Gasteiger partial charge in [-0.15, -0.1) is 11.8 Å². The highest BCUT2D eigenvalue weighted by Crippen LogP contribution is 2.37. The molecule has 5 nitrogen and oxygen atoms in total. The second kappa shape index (κ2) is 8.10. The molecule has 28 heavy (non-hydrogen) atoms. The molecule has 144 valence electrons. The van der Waals surface area contributed by atoms with Gasteiger partial charge in [-0.25, -0.2) is 0 Å². The topological polar surface area (TPSA) is 62.4 Å². The number of benzene rings is 2. The number of para-hydroxylation sites is 2. The molecule has 1 aliphatic rings. The SMILES string of the molecule is C[C@@H]1CCN(C(=O)COC(=O)Cc2c[nH]c3ccccc23)c2ccccc2S1. The Labute approximate surface area is 168 Å². The Bertz CT molecular complexity index is 1010. The largest absolute Gasteiger partial charge is 0.455 e. The van der Waals surface area contributed by atoms with Crippen LogP contribution in [0.5, 0.6) is 0 Å². The van der Waals surface area contributed by atoms with E-state index in [1.165, 1.54) is 0 Å². The number of anilines is 1. The molecule has 1 N–H and O–H groups in total. The molecule has 0 unspecified atom stereocenters. The first kappa shape index (κ1) is 18.6. The molecular weight excluding hydrogens is 372 g/mol. The van der Waals surface area contributed by atoms with Gasteiger partial charge >= 0.3 is 5.97 Å². The van der Waals surface area contributed by atoms with E-state index >= 15 is 0 Å². The summed E-state index contributed by atoms with van der Waals surface area (Å²) in [6.07, 6.45) is 2.85. The van der Waals surface area contributed by atoms with E-state index in [2.05, 4.69) is 11.9 Å². The van der Waals surface area contributed by atoms with Crippen LogP contribution in [0.25, 0.3) is 10.9 Å². The molecule has 4 rings (SSSR count). The number of esters is 1. The maximum atomic E-state index is 12.8. The van der Waals surface area contributed by atoms with Crippen LogP contribution in [0.2, 0.25) is 0 Å². The Hall–Kier alpha value is -2.73. The molecule has 0 aliphatic carbocycles. The van der Waals surface area contributed by atoms with E-state index < -0.39 is 5.97 Å². The number of carbonyl (C=O) groups is 2. The lowest BCUT2D eigenvalue weighted by Crippen LogP contribution is -2.36. The number of rotatable bonds is 4. The predicted octanol–water partition coefficient (Wildman–Crippen LogP) is 4.17. The van der Waals surface area contributed by atoms with Crippen molar-refractivity contribution in [1.29, 1.82) is 0 Å². The van der Waals surface area contributed by atoms with E-state index in [0.29, 0.717) is 11.8 Å². The average Bonchev–Trinajstić information content (AvgIpc) is 3.01. The van der Waals surface area contributed by atoms with Gasteiger partial charge in [0.2, 0.25) is 0 Å². The van der Waals surface area contributed by atoms with Crippen LogP contribution in [0.1, 0.15) is 18.9 Å². The lowest BCUT2D eigenvalue weighted by molar-refractivity contribution is -0.147. The molecule has 0 radical (unpaired) electrons. The van der Waals surface area contributed by atoms with Gasteiger partial charge in [0.05, 0.1) is 12.1 Å². The summed E-state index contributed by atoms with van der Waals surface area (Å²) in [6.45, 7) is 2.55. The van der Waals surface area contributed by atoms with E-state index in [-0.39, 0.29) is 18.9 Å². The van der Waals surface area contributed by atoms with Crippen molar-refractivity contribution in [3.63, 3.8) is 0 Å². The highest BCUT2D eigenvalue weighted by Gasteiger charge is 2.24. The molecular formula is C22H22N2O3S. The Morgan fingerprint density at radius 3 is 2.86 bits per heavy atom. The Kier molecular flexibility index (Phi) is 5.39. The molecule has 6 heteroatoms. The summed E-state index contributed by atoms with van der Waals surface area (Å²) in [4.78, 5) is 31.0. The molecule has 2 heterocycles. The third-order valence-electron chi connectivity index (χ3n) is 4.91. The van der Waals surface area contributed by atoms with Crippen molar-refractivity contribution in [2.45, 2.75) is 29.9 Å². The quantitative estimate of drug-likeness (QED) is 0.675. The van der Waals surface area contributed by atoms with Crippen LogP contribution in [-0.4, -0.2) is 35.3 Å². The van der Waals surface area contributed by atoms with E-state index in [0.717, 1.165) is 33.5 Å². The van der Waals surface area contributed by atoms with Crippen LogP contribution < -0.4 is 4.90 Å². The summed E-state index contributed by atoms with van der Waals surface area (Å²) in [5, 5.41) is 1.43. The van der Waals surface area contributed by atoms with Gasteiger partial charge < -0.3 is 14.6 Å². The van der Waals surface area contributed by atoms with E-state index in [1.807, 2.05) is 54.7 Å². The van der Waals surface area contributed by atoms with Crippen molar-refractivity contribution in [1.82, 2.24) is 4.98 Å². The molecule has 0 fully saturated rings. The molecule has 1 aromatic heterocycles. The third-order valence-corrected chi connectivity index (χ3v) is 6.15. The first-order valence-corrected chi connectivity index (χ1v) is 10.3. The van der Waals surface area contributed by atoms with Gasteiger partial charge in [-0.2, -0.15) is 0 Å². The molecule has 0 saturated carbocycles. The lowest BCUT2D eigenvalue weighted by atomic mass is 10.1. The maximum Gasteiger partial charge on any atom is 0.310 e. The summed E-state index contributed by atoms with van der Waals surface area (Å²) in [5.41, 5.74) is 2.75. The molecule has 1 amide bonds. The maximum absolute atomic E-state index is 12.8. The zero-order valence-corrected chi connectivity index (χ0v) is 16.5. The summed E-state index contributed by atoms with van der Waals surface area (Å²) >= 11 is 1.78. The summed E-state index contributed by atoms with van der Waals surface area (Å²) < 4.78 is 5.31. The Morgan fingerprint density at radius 2 is 1.96 bits per heavy atom. The number of aromatic nitrogens is 1. The van der Waals surface area contributed by atoms with Crippen LogP contribution in [-0.2, 0) is 20.7 Å². The van der Waals surface area contributed by atoms with Crippen molar-refractivity contribution >= 4 is 40.2 Å². The standard InChI is InChI=1S/C22H22N2O3S/c1-15-10-11-24(19-8-4-5-9-20(19)28-15)21(25)14-27-22(26)12-16-13-23-18-7-3-2-6-17(16)18/h2-9,13,15,23H,10-12,14H2,1H3/t15-/m1/s1. The smallest absolute Gasteiger partial charge is 0.310 e. The average molecular weight is 394 g/mol. The van der Waals surface area contributed by atoms with Crippen molar-refractivity contribution in [2.24, 2.45) is 0 Å². The van der Waals surface area contributed by atoms with Crippen LogP contribution >= 0.6 is 11.8 Å². The van der Waals surface area contributed by atoms with Crippen LogP contribution in [0.15, 0.2) is 59.6 Å². The van der Waals surface area contributed by atoms with Crippen molar-refractivity contribution in [2.75, 3.05) is 18.1 Å². The fraction of sp³-hybridized carbons (Fsp3) is 0.273. The second-order valence-corrected chi connectivity index (χ2v) is 8.41. The fourth-order valence-corrected chi connectivity index (χ4v) is 4.56. The van der Waals surface area contributed by atoms with Gasteiger partial charge in [0.15, 0.2) is 6.61 Å². The fourth-order valence-electron chi connectivity index (χ4n) is 3.45. The Balaban J connectivity index is 1.41. The number of carbonyl (C=O) groups excluding carboxylic acids is 2. The molecule has 2 aromatic carbocycles. The van der Waals surface area contributed by atoms with Gasteiger partial charge in [-0.1, -0.05) is 37.3 Å². The third kappa shape index (κ3) is 3.92. The van der Waals surface area contributed by atoms with Gasteiger partial charge in [-0.05, 0) is 30.2 Å². The summed E-state index contributed by atoms with van der Waals surface area (Å²) in [5.74, 6) is -0.585. The van der Waals surface area contributed by atoms with Crippen molar-refractivity contribution in [3.8, 4) is 0 Å². The van der Waals surface area contributed by atoms with E-state index in [9.17, 15) is 9.59 Å². The zero-order valence-electron chi connectivity index (χ0n) is 15.7. The van der Waals surface area contributed by atoms with Crippen LogP contribution in [0.3, 0.4) is 0 Å². The number of hydrogen-bond acceptors (Lipinski definition) is 4. The number of aromatic amines is 1. The number of hydrogen-bond donors (Lipinski definition) is 1. The van der Waals surface area contributed by atoms with E-state index in [1.54, 1.807) is 16.7 Å². The highest BCUT2D eigenvalue weighted by atomic mass is 32.2. The van der Waals surface area contributed by atoms with Crippen LogP contribution in [0, 0.1) is 0 Å². The predicted molar refractivity (Wildman–Crippen MR) is 112 cm³/mol. The van der Waals surface area contributed by atoms with Gasteiger partial charge in [-0.3, -0.25) is 9.59 Å². The highest BCUT2D eigenvalue weighted by molar-refractivity contribution is 8.00. The summed E-state index contributed by atoms with van der Waals surface area (Å²) in [7, 11) is 0. The molecule has 3 aromatic rings. The molecule has 0 saturated heterocycles. The number of nitrogens with zero attached hydrogens (tertiary/aromatic N) is 1. The van der Waals surface area contributed by atoms with Crippen LogP contribution in [0.4, 0.5) is 5.69 Å². The lowest BCUT2D eigenvalue weighted by Gasteiger charge is -2.22. The number of amides is 1. The normalized spacial score (nSPS) is 16.5. The minimum absolute atomic E-state index is 0.140. The number of thioether (sulfide) groups is 1.